The molecule has 2 heterocycles. The molecule has 0 spiro atoms. The molecule has 6 heteroatoms. The smallest absolute Gasteiger partial charge is 0.233 e. The number of thioether (sulfide) groups is 1. The maximum atomic E-state index is 12.2. The first kappa shape index (κ1) is 16.1. The third-order valence-electron chi connectivity index (χ3n) is 3.87. The van der Waals surface area contributed by atoms with E-state index in [2.05, 4.69) is 22.1 Å². The van der Waals surface area contributed by atoms with Gasteiger partial charge in [-0.1, -0.05) is 42.1 Å². The van der Waals surface area contributed by atoms with Crippen molar-refractivity contribution in [3.05, 3.63) is 47.3 Å². The number of aromatic amines is 1. The van der Waals surface area contributed by atoms with Gasteiger partial charge in [-0.25, -0.2) is 4.98 Å². The zero-order valence-corrected chi connectivity index (χ0v) is 14.1. The molecule has 122 valence electrons. The highest BCUT2D eigenvalue weighted by Crippen LogP contribution is 2.19. The molecule has 2 aromatic rings. The monoisotopic (exact) mass is 331 g/mol. The van der Waals surface area contributed by atoms with Crippen LogP contribution < -0.4 is 0 Å². The number of benzene rings is 1. The van der Waals surface area contributed by atoms with Gasteiger partial charge in [-0.05, 0) is 12.5 Å². The Labute approximate surface area is 140 Å². The molecule has 1 aliphatic rings. The van der Waals surface area contributed by atoms with Crippen molar-refractivity contribution in [2.24, 2.45) is 0 Å². The van der Waals surface area contributed by atoms with Crippen molar-refractivity contribution in [1.82, 2.24) is 14.9 Å². The molecule has 1 aromatic heterocycles. The van der Waals surface area contributed by atoms with Crippen LogP contribution in [-0.4, -0.2) is 52.8 Å². The summed E-state index contributed by atoms with van der Waals surface area (Å²) in [5, 5.41) is 0.815. The van der Waals surface area contributed by atoms with Crippen molar-refractivity contribution in [2.45, 2.75) is 18.5 Å². The second-order valence-electron chi connectivity index (χ2n) is 5.56. The number of amides is 1. The number of ether oxygens (including phenoxy) is 1. The first-order valence-electron chi connectivity index (χ1n) is 7.80. The van der Waals surface area contributed by atoms with Gasteiger partial charge in [0.05, 0.1) is 24.7 Å². The fourth-order valence-corrected chi connectivity index (χ4v) is 3.37. The van der Waals surface area contributed by atoms with Gasteiger partial charge in [0.2, 0.25) is 5.91 Å². The molecule has 1 aromatic carbocycles. The summed E-state index contributed by atoms with van der Waals surface area (Å²) < 4.78 is 5.27. The molecule has 0 aliphatic carbocycles. The van der Waals surface area contributed by atoms with Gasteiger partial charge in [0.1, 0.15) is 0 Å². The van der Waals surface area contributed by atoms with Crippen LogP contribution >= 0.6 is 11.8 Å². The van der Waals surface area contributed by atoms with Crippen molar-refractivity contribution >= 4 is 17.7 Å². The lowest BCUT2D eigenvalue weighted by Crippen LogP contribution is -2.41. The Balaban J connectivity index is 1.56. The number of hydrogen-bond donors (Lipinski definition) is 1. The van der Waals surface area contributed by atoms with Gasteiger partial charge in [-0.3, -0.25) is 4.79 Å². The van der Waals surface area contributed by atoms with E-state index in [-0.39, 0.29) is 5.91 Å². The predicted molar refractivity (Wildman–Crippen MR) is 90.7 cm³/mol. The van der Waals surface area contributed by atoms with Crippen LogP contribution in [0.4, 0.5) is 0 Å². The normalized spacial score (nSPS) is 14.9. The van der Waals surface area contributed by atoms with Gasteiger partial charge < -0.3 is 14.6 Å². The zero-order chi connectivity index (χ0) is 16.1. The number of carbonyl (C=O) groups is 1. The van der Waals surface area contributed by atoms with Crippen LogP contribution in [0.15, 0.2) is 35.5 Å². The molecule has 1 saturated heterocycles. The molecule has 5 nitrogen and oxygen atoms in total. The van der Waals surface area contributed by atoms with Crippen LogP contribution in [0.2, 0.25) is 0 Å². The fourth-order valence-electron chi connectivity index (χ4n) is 2.53. The standard InChI is InChI=1S/C17H21N3O2S/c1-13-15(11-14-5-3-2-4-6-14)19-17(18-13)23-12-16(21)20-7-9-22-10-8-20/h2-6H,7-12H2,1H3,(H,18,19). The minimum Gasteiger partial charge on any atom is -0.378 e. The largest absolute Gasteiger partial charge is 0.378 e. The first-order chi connectivity index (χ1) is 11.2. The average Bonchev–Trinajstić information content (AvgIpc) is 2.94. The summed E-state index contributed by atoms with van der Waals surface area (Å²) >= 11 is 1.47. The SMILES string of the molecule is Cc1[nH]c(SCC(=O)N2CCOCC2)nc1Cc1ccccc1. The summed E-state index contributed by atoms with van der Waals surface area (Å²) in [6.45, 7) is 4.68. The van der Waals surface area contributed by atoms with Gasteiger partial charge >= 0.3 is 0 Å². The molecule has 1 N–H and O–H groups in total. The second kappa shape index (κ2) is 7.66. The van der Waals surface area contributed by atoms with Gasteiger partial charge in [-0.15, -0.1) is 0 Å². The molecule has 0 radical (unpaired) electrons. The maximum Gasteiger partial charge on any atom is 0.233 e. The zero-order valence-electron chi connectivity index (χ0n) is 13.2. The lowest BCUT2D eigenvalue weighted by atomic mass is 10.1. The van der Waals surface area contributed by atoms with Crippen molar-refractivity contribution in [3.63, 3.8) is 0 Å². The van der Waals surface area contributed by atoms with E-state index in [1.54, 1.807) is 0 Å². The summed E-state index contributed by atoms with van der Waals surface area (Å²) in [5.74, 6) is 0.564. The topological polar surface area (TPSA) is 58.2 Å². The van der Waals surface area contributed by atoms with Gasteiger partial charge in [-0.2, -0.15) is 0 Å². The lowest BCUT2D eigenvalue weighted by Gasteiger charge is -2.26. The molecule has 1 amide bonds. The molecule has 3 rings (SSSR count). The van der Waals surface area contributed by atoms with E-state index < -0.39 is 0 Å². The van der Waals surface area contributed by atoms with Crippen molar-refractivity contribution in [1.29, 1.82) is 0 Å². The maximum absolute atomic E-state index is 12.2. The summed E-state index contributed by atoms with van der Waals surface area (Å²) in [6.07, 6.45) is 0.807. The van der Waals surface area contributed by atoms with E-state index in [1.165, 1.54) is 17.3 Å². The number of nitrogens with one attached hydrogen (secondary N) is 1. The molecule has 1 fully saturated rings. The van der Waals surface area contributed by atoms with Gasteiger partial charge in [0, 0.05) is 25.2 Å². The lowest BCUT2D eigenvalue weighted by molar-refractivity contribution is -0.132. The molecule has 0 atom stereocenters. The Kier molecular flexibility index (Phi) is 5.35. The van der Waals surface area contributed by atoms with Crippen molar-refractivity contribution < 1.29 is 9.53 Å². The van der Waals surface area contributed by atoms with Crippen LogP contribution in [0.5, 0.6) is 0 Å². The van der Waals surface area contributed by atoms with E-state index in [4.69, 9.17) is 4.74 Å². The van der Waals surface area contributed by atoms with Crippen LogP contribution in [0.3, 0.4) is 0 Å². The first-order valence-corrected chi connectivity index (χ1v) is 8.78. The van der Waals surface area contributed by atoms with Gasteiger partial charge in [0.25, 0.3) is 0 Å². The molecular formula is C17H21N3O2S. The molecule has 1 aliphatic heterocycles. The predicted octanol–water partition coefficient (Wildman–Crippen LogP) is 2.26. The highest BCUT2D eigenvalue weighted by molar-refractivity contribution is 7.99. The summed E-state index contributed by atoms with van der Waals surface area (Å²) in [7, 11) is 0. The summed E-state index contributed by atoms with van der Waals surface area (Å²) in [4.78, 5) is 21.9. The minimum atomic E-state index is 0.150. The molecule has 0 bridgehead atoms. The number of nitrogens with zero attached hydrogens (tertiary/aromatic N) is 2. The fraction of sp³-hybridized carbons (Fsp3) is 0.412. The molecular weight excluding hydrogens is 310 g/mol. The quantitative estimate of drug-likeness (QED) is 0.854. The highest BCUT2D eigenvalue weighted by atomic mass is 32.2. The number of carbonyl (C=O) groups excluding carboxylic acids is 1. The Morgan fingerprint density at radius 2 is 2.04 bits per heavy atom. The average molecular weight is 331 g/mol. The van der Waals surface area contributed by atoms with Crippen molar-refractivity contribution in [2.75, 3.05) is 32.1 Å². The third-order valence-corrected chi connectivity index (χ3v) is 4.73. The Bertz CT molecular complexity index is 651. The second-order valence-corrected chi connectivity index (χ2v) is 6.52. The van der Waals surface area contributed by atoms with E-state index in [9.17, 15) is 4.79 Å². The number of imidazole rings is 1. The Morgan fingerprint density at radius 1 is 1.30 bits per heavy atom. The van der Waals surface area contributed by atoms with Crippen LogP contribution in [0.25, 0.3) is 0 Å². The number of aryl methyl sites for hydroxylation is 1. The Hall–Kier alpha value is -1.79. The number of H-pyrrole nitrogens is 1. The van der Waals surface area contributed by atoms with E-state index in [0.29, 0.717) is 32.1 Å². The van der Waals surface area contributed by atoms with Crippen LogP contribution in [0.1, 0.15) is 17.0 Å². The van der Waals surface area contributed by atoms with E-state index >= 15 is 0 Å². The van der Waals surface area contributed by atoms with Crippen molar-refractivity contribution in [3.8, 4) is 0 Å². The number of aromatic nitrogens is 2. The highest BCUT2D eigenvalue weighted by Gasteiger charge is 2.17. The van der Waals surface area contributed by atoms with E-state index in [0.717, 1.165) is 23.0 Å². The molecule has 23 heavy (non-hydrogen) atoms. The summed E-state index contributed by atoms with van der Waals surface area (Å²) in [5.41, 5.74) is 3.34. The number of hydrogen-bond acceptors (Lipinski definition) is 4. The number of morpholine rings is 1. The van der Waals surface area contributed by atoms with E-state index in [1.807, 2.05) is 30.0 Å². The van der Waals surface area contributed by atoms with Crippen LogP contribution in [0, 0.1) is 6.92 Å². The third kappa shape index (κ3) is 4.36. The molecule has 0 saturated carbocycles. The van der Waals surface area contributed by atoms with Gasteiger partial charge in [0.15, 0.2) is 5.16 Å². The Morgan fingerprint density at radius 3 is 2.78 bits per heavy atom. The minimum absolute atomic E-state index is 0.150. The summed E-state index contributed by atoms with van der Waals surface area (Å²) in [6, 6.07) is 10.3. The number of rotatable bonds is 5. The molecule has 0 unspecified atom stereocenters. The van der Waals surface area contributed by atoms with Crippen LogP contribution in [-0.2, 0) is 16.0 Å².